The molecular formula is C5H8F2O2. The van der Waals surface area contributed by atoms with E-state index in [1.807, 2.05) is 0 Å². The maximum atomic E-state index is 12.1. The van der Waals surface area contributed by atoms with Crippen LogP contribution in [0.5, 0.6) is 0 Å². The third-order valence-electron chi connectivity index (χ3n) is 0.830. The smallest absolute Gasteiger partial charge is 0.343 e. The van der Waals surface area contributed by atoms with Crippen LogP contribution in [-0.4, -0.2) is 25.4 Å². The maximum absolute atomic E-state index is 12.1. The zero-order valence-electron chi connectivity index (χ0n) is 5.23. The van der Waals surface area contributed by atoms with Crippen molar-refractivity contribution in [3.63, 3.8) is 0 Å². The summed E-state index contributed by atoms with van der Waals surface area (Å²) in [5.74, 6) is -1.16. The first-order chi connectivity index (χ1) is 4.09. The number of hydrogen-bond acceptors (Lipinski definition) is 2. The van der Waals surface area contributed by atoms with Crippen molar-refractivity contribution in [1.82, 2.24) is 0 Å². The van der Waals surface area contributed by atoms with E-state index in [2.05, 4.69) is 4.74 Å². The summed E-state index contributed by atoms with van der Waals surface area (Å²) in [7, 11) is 1.01. The molecule has 0 fully saturated rings. The summed E-state index contributed by atoms with van der Waals surface area (Å²) in [4.78, 5) is 10.1. The van der Waals surface area contributed by atoms with Gasteiger partial charge in [-0.15, -0.1) is 0 Å². The van der Waals surface area contributed by atoms with E-state index in [-0.39, 0.29) is 0 Å². The molecule has 0 saturated heterocycles. The number of methoxy groups -OCH3 is 1. The van der Waals surface area contributed by atoms with Gasteiger partial charge in [-0.25, -0.2) is 13.6 Å². The predicted octanol–water partition coefficient (Wildman–Crippen LogP) is 0.855. The van der Waals surface area contributed by atoms with Crippen molar-refractivity contribution < 1.29 is 18.3 Å². The molecule has 0 aromatic heterocycles. The molecule has 0 rings (SSSR count). The molecule has 0 radical (unpaired) electrons. The maximum Gasteiger partial charge on any atom is 0.343 e. The Morgan fingerprint density at radius 3 is 2.11 bits per heavy atom. The molecule has 54 valence electrons. The average Bonchev–Trinajstić information content (AvgIpc) is 1.84. The molecule has 0 aliphatic carbocycles. The lowest BCUT2D eigenvalue weighted by Crippen LogP contribution is -2.25. The van der Waals surface area contributed by atoms with Crippen LogP contribution in [-0.2, 0) is 9.53 Å². The minimum atomic E-state index is -2.14. The van der Waals surface area contributed by atoms with Crippen LogP contribution in [0.4, 0.5) is 8.78 Å². The number of halogens is 2. The predicted molar refractivity (Wildman–Crippen MR) is 27.5 cm³/mol. The van der Waals surface area contributed by atoms with Crippen LogP contribution < -0.4 is 0 Å². The molecule has 0 aliphatic heterocycles. The third kappa shape index (κ3) is 2.39. The first-order valence-electron chi connectivity index (χ1n) is 2.45. The highest BCUT2D eigenvalue weighted by atomic mass is 19.2. The van der Waals surface area contributed by atoms with Crippen molar-refractivity contribution in [1.29, 1.82) is 0 Å². The highest BCUT2D eigenvalue weighted by molar-refractivity contribution is 5.74. The van der Waals surface area contributed by atoms with Gasteiger partial charge >= 0.3 is 5.97 Å². The van der Waals surface area contributed by atoms with E-state index >= 15 is 0 Å². The molecule has 9 heavy (non-hydrogen) atoms. The third-order valence-corrected chi connectivity index (χ3v) is 0.830. The molecule has 0 aromatic carbocycles. The fraction of sp³-hybridized carbons (Fsp3) is 0.800. The van der Waals surface area contributed by atoms with Crippen LogP contribution in [0.15, 0.2) is 0 Å². The topological polar surface area (TPSA) is 26.3 Å². The van der Waals surface area contributed by atoms with Crippen LogP contribution in [0.25, 0.3) is 0 Å². The highest BCUT2D eigenvalue weighted by Crippen LogP contribution is 2.03. The van der Waals surface area contributed by atoms with Crippen molar-refractivity contribution in [3.05, 3.63) is 0 Å². The Morgan fingerprint density at radius 2 is 2.00 bits per heavy atom. The summed E-state index contributed by atoms with van der Waals surface area (Å²) in [5.41, 5.74) is 0. The van der Waals surface area contributed by atoms with Crippen LogP contribution in [0.1, 0.15) is 6.92 Å². The summed E-state index contributed by atoms with van der Waals surface area (Å²) in [6, 6.07) is 0. The molecule has 0 aromatic rings. The second kappa shape index (κ2) is 3.37. The Kier molecular flexibility index (Phi) is 3.12. The summed E-state index contributed by atoms with van der Waals surface area (Å²) >= 11 is 0. The molecule has 0 aliphatic rings. The number of alkyl halides is 2. The van der Waals surface area contributed by atoms with Crippen LogP contribution in [0, 0.1) is 0 Å². The summed E-state index contributed by atoms with van der Waals surface area (Å²) < 4.78 is 27.8. The van der Waals surface area contributed by atoms with Crippen molar-refractivity contribution in [2.75, 3.05) is 7.11 Å². The van der Waals surface area contributed by atoms with Gasteiger partial charge in [0.1, 0.15) is 6.17 Å². The Labute approximate surface area is 51.8 Å². The Bertz CT molecular complexity index is 103. The van der Waals surface area contributed by atoms with Gasteiger partial charge in [0, 0.05) is 0 Å². The van der Waals surface area contributed by atoms with E-state index in [1.54, 1.807) is 0 Å². The van der Waals surface area contributed by atoms with Crippen molar-refractivity contribution in [2.24, 2.45) is 0 Å². The monoisotopic (exact) mass is 138 g/mol. The van der Waals surface area contributed by atoms with Gasteiger partial charge in [-0.3, -0.25) is 0 Å². The van der Waals surface area contributed by atoms with Crippen LogP contribution >= 0.6 is 0 Å². The van der Waals surface area contributed by atoms with Gasteiger partial charge in [-0.05, 0) is 6.92 Å². The summed E-state index contributed by atoms with van der Waals surface area (Å²) in [5, 5.41) is 0. The van der Waals surface area contributed by atoms with E-state index < -0.39 is 18.3 Å². The van der Waals surface area contributed by atoms with Crippen molar-refractivity contribution >= 4 is 5.97 Å². The van der Waals surface area contributed by atoms with Crippen molar-refractivity contribution in [2.45, 2.75) is 19.3 Å². The first-order valence-corrected chi connectivity index (χ1v) is 2.45. The van der Waals surface area contributed by atoms with Gasteiger partial charge in [-0.1, -0.05) is 0 Å². The molecule has 4 heteroatoms. The molecular weight excluding hydrogens is 130 g/mol. The molecule has 0 bridgehead atoms. The Balaban J connectivity index is 3.72. The number of hydrogen-bond donors (Lipinski definition) is 0. The average molecular weight is 138 g/mol. The number of ether oxygens (including phenoxy) is 1. The van der Waals surface area contributed by atoms with E-state index in [1.165, 1.54) is 0 Å². The first kappa shape index (κ1) is 8.33. The van der Waals surface area contributed by atoms with Crippen LogP contribution in [0.2, 0.25) is 0 Å². The van der Waals surface area contributed by atoms with Gasteiger partial charge in [0.25, 0.3) is 0 Å². The molecule has 0 saturated carbocycles. The molecule has 0 heterocycles. The molecule has 0 spiro atoms. The molecule has 2 unspecified atom stereocenters. The Hall–Kier alpha value is -0.670. The van der Waals surface area contributed by atoms with E-state index in [0.29, 0.717) is 0 Å². The number of esters is 1. The summed E-state index contributed by atoms with van der Waals surface area (Å²) in [6.07, 6.45) is -3.94. The number of rotatable bonds is 2. The molecule has 0 N–H and O–H groups in total. The highest BCUT2D eigenvalue weighted by Gasteiger charge is 2.24. The standard InChI is InChI=1S/C5H8F2O2/c1-3(6)4(7)5(8)9-2/h3-4H,1-2H3. The lowest BCUT2D eigenvalue weighted by atomic mass is 10.3. The van der Waals surface area contributed by atoms with Gasteiger partial charge in [-0.2, -0.15) is 0 Å². The summed E-state index contributed by atoms with van der Waals surface area (Å²) in [6.45, 7) is 0.960. The fourth-order valence-electron chi connectivity index (χ4n) is 0.300. The minimum Gasteiger partial charge on any atom is -0.467 e. The second-order valence-electron chi connectivity index (χ2n) is 1.60. The number of carbonyl (C=O) groups is 1. The van der Waals surface area contributed by atoms with Gasteiger partial charge in [0.05, 0.1) is 7.11 Å². The molecule has 2 nitrogen and oxygen atoms in total. The van der Waals surface area contributed by atoms with E-state index in [0.717, 1.165) is 14.0 Å². The second-order valence-corrected chi connectivity index (χ2v) is 1.60. The number of carbonyl (C=O) groups excluding carboxylic acids is 1. The zero-order valence-corrected chi connectivity index (χ0v) is 5.23. The van der Waals surface area contributed by atoms with Gasteiger partial charge in [0.15, 0.2) is 0 Å². The normalized spacial score (nSPS) is 16.4. The van der Waals surface area contributed by atoms with Crippen LogP contribution in [0.3, 0.4) is 0 Å². The lowest BCUT2D eigenvalue weighted by molar-refractivity contribution is -0.148. The quantitative estimate of drug-likeness (QED) is 0.529. The van der Waals surface area contributed by atoms with Gasteiger partial charge in [0.2, 0.25) is 6.17 Å². The zero-order chi connectivity index (χ0) is 7.44. The SMILES string of the molecule is COC(=O)C(F)C(C)F. The minimum absolute atomic E-state index is 0.960. The lowest BCUT2D eigenvalue weighted by Gasteiger charge is -2.04. The molecule has 0 amide bonds. The fourth-order valence-corrected chi connectivity index (χ4v) is 0.300. The van der Waals surface area contributed by atoms with Crippen molar-refractivity contribution in [3.8, 4) is 0 Å². The largest absolute Gasteiger partial charge is 0.467 e. The van der Waals surface area contributed by atoms with Gasteiger partial charge < -0.3 is 4.74 Å². The Morgan fingerprint density at radius 1 is 1.56 bits per heavy atom. The van der Waals surface area contributed by atoms with E-state index in [4.69, 9.17) is 0 Å². The molecule has 2 atom stereocenters. The van der Waals surface area contributed by atoms with E-state index in [9.17, 15) is 13.6 Å².